The molecule has 0 unspecified atom stereocenters. The van der Waals surface area contributed by atoms with E-state index in [9.17, 15) is 4.79 Å². The largest absolute Gasteiger partial charge is 0.476 e. The summed E-state index contributed by atoms with van der Waals surface area (Å²) in [5.74, 6) is -0.733. The van der Waals surface area contributed by atoms with Crippen molar-refractivity contribution in [1.29, 1.82) is 0 Å². The Kier molecular flexibility index (Phi) is 3.19. The van der Waals surface area contributed by atoms with Crippen LogP contribution in [0.4, 0.5) is 5.82 Å². The van der Waals surface area contributed by atoms with Crippen LogP contribution >= 0.6 is 0 Å². The Labute approximate surface area is 75.8 Å². The van der Waals surface area contributed by atoms with Gasteiger partial charge in [-0.05, 0) is 6.42 Å². The van der Waals surface area contributed by atoms with Gasteiger partial charge in [0.15, 0.2) is 11.5 Å². The summed E-state index contributed by atoms with van der Waals surface area (Å²) in [6, 6.07) is 0. The van der Waals surface area contributed by atoms with Gasteiger partial charge in [0.1, 0.15) is 0 Å². The van der Waals surface area contributed by atoms with E-state index in [2.05, 4.69) is 15.3 Å². The van der Waals surface area contributed by atoms with Gasteiger partial charge in [-0.3, -0.25) is 0 Å². The Morgan fingerprint density at radius 2 is 2.23 bits per heavy atom. The highest BCUT2D eigenvalue weighted by Gasteiger charge is 2.10. The molecule has 5 nitrogen and oxygen atoms in total. The van der Waals surface area contributed by atoms with Crippen LogP contribution < -0.4 is 5.32 Å². The molecule has 0 bridgehead atoms. The summed E-state index contributed by atoms with van der Waals surface area (Å²) in [5, 5.41) is 11.6. The number of nitrogens with zero attached hydrogens (tertiary/aromatic N) is 2. The van der Waals surface area contributed by atoms with Crippen molar-refractivity contribution < 1.29 is 9.90 Å². The first-order valence-corrected chi connectivity index (χ1v) is 4.04. The van der Waals surface area contributed by atoms with E-state index in [1.807, 2.05) is 6.92 Å². The molecule has 0 fully saturated rings. The first-order chi connectivity index (χ1) is 6.25. The molecule has 2 N–H and O–H groups in total. The van der Waals surface area contributed by atoms with Gasteiger partial charge in [-0.15, -0.1) is 0 Å². The van der Waals surface area contributed by atoms with E-state index in [0.29, 0.717) is 12.4 Å². The Morgan fingerprint density at radius 1 is 1.54 bits per heavy atom. The average molecular weight is 181 g/mol. The van der Waals surface area contributed by atoms with E-state index in [1.54, 1.807) is 0 Å². The fourth-order valence-electron chi connectivity index (χ4n) is 0.867. The molecule has 1 rings (SSSR count). The van der Waals surface area contributed by atoms with Crippen molar-refractivity contribution in [2.45, 2.75) is 13.3 Å². The minimum atomic E-state index is -1.06. The van der Waals surface area contributed by atoms with Crippen molar-refractivity contribution in [2.75, 3.05) is 11.9 Å². The molecule has 1 aromatic rings. The third-order valence-electron chi connectivity index (χ3n) is 1.44. The maximum atomic E-state index is 10.6. The van der Waals surface area contributed by atoms with Gasteiger partial charge in [-0.25, -0.2) is 14.8 Å². The van der Waals surface area contributed by atoms with E-state index in [0.717, 1.165) is 6.42 Å². The summed E-state index contributed by atoms with van der Waals surface area (Å²) in [5.41, 5.74) is -0.0315. The molecule has 1 heterocycles. The number of hydrogen-bond acceptors (Lipinski definition) is 4. The summed E-state index contributed by atoms with van der Waals surface area (Å²) in [6.07, 6.45) is 3.74. The van der Waals surface area contributed by atoms with E-state index in [1.165, 1.54) is 12.4 Å². The predicted molar refractivity (Wildman–Crippen MR) is 47.8 cm³/mol. The minimum Gasteiger partial charge on any atom is -0.476 e. The van der Waals surface area contributed by atoms with Crippen LogP contribution in [0.3, 0.4) is 0 Å². The Bertz CT molecular complexity index is 301. The van der Waals surface area contributed by atoms with Gasteiger partial charge in [0.25, 0.3) is 0 Å². The molecule has 0 amide bonds. The molecule has 70 valence electrons. The molecule has 1 aromatic heterocycles. The number of carboxylic acid groups (broad SMARTS) is 1. The van der Waals surface area contributed by atoms with Crippen molar-refractivity contribution in [3.63, 3.8) is 0 Å². The molecule has 0 aromatic carbocycles. The van der Waals surface area contributed by atoms with Gasteiger partial charge in [-0.2, -0.15) is 0 Å². The summed E-state index contributed by atoms with van der Waals surface area (Å²) < 4.78 is 0. The first kappa shape index (κ1) is 9.44. The highest BCUT2D eigenvalue weighted by atomic mass is 16.4. The second-order valence-electron chi connectivity index (χ2n) is 2.49. The van der Waals surface area contributed by atoms with Crippen molar-refractivity contribution in [3.05, 3.63) is 18.1 Å². The third-order valence-corrected chi connectivity index (χ3v) is 1.44. The van der Waals surface area contributed by atoms with E-state index in [4.69, 9.17) is 5.11 Å². The normalized spacial score (nSPS) is 9.62. The van der Waals surface area contributed by atoms with Crippen molar-refractivity contribution in [3.8, 4) is 0 Å². The van der Waals surface area contributed by atoms with E-state index in [-0.39, 0.29) is 5.69 Å². The quantitative estimate of drug-likeness (QED) is 0.724. The maximum absolute atomic E-state index is 10.6. The number of carbonyl (C=O) groups is 1. The number of rotatable bonds is 4. The van der Waals surface area contributed by atoms with Crippen molar-refractivity contribution >= 4 is 11.8 Å². The minimum absolute atomic E-state index is 0.0315. The monoisotopic (exact) mass is 181 g/mol. The number of aromatic carboxylic acids is 1. The highest BCUT2D eigenvalue weighted by Crippen LogP contribution is 2.07. The molecular formula is C8H11N3O2. The first-order valence-electron chi connectivity index (χ1n) is 4.04. The summed E-state index contributed by atoms with van der Waals surface area (Å²) in [6.45, 7) is 2.68. The number of aromatic nitrogens is 2. The zero-order valence-electron chi connectivity index (χ0n) is 7.32. The Balaban J connectivity index is 2.84. The van der Waals surface area contributed by atoms with Gasteiger partial charge < -0.3 is 10.4 Å². The molecular weight excluding hydrogens is 170 g/mol. The zero-order chi connectivity index (χ0) is 9.68. The molecule has 13 heavy (non-hydrogen) atoms. The lowest BCUT2D eigenvalue weighted by Crippen LogP contribution is -2.10. The maximum Gasteiger partial charge on any atom is 0.358 e. The van der Waals surface area contributed by atoms with Crippen molar-refractivity contribution in [1.82, 2.24) is 9.97 Å². The van der Waals surface area contributed by atoms with E-state index < -0.39 is 5.97 Å². The molecule has 0 aliphatic heterocycles. The second kappa shape index (κ2) is 4.39. The number of anilines is 1. The number of carboxylic acids is 1. The van der Waals surface area contributed by atoms with Crippen LogP contribution in [0.2, 0.25) is 0 Å². The molecule has 0 atom stereocenters. The third kappa shape index (κ3) is 2.40. The van der Waals surface area contributed by atoms with Crippen LogP contribution in [0, 0.1) is 0 Å². The molecule has 0 radical (unpaired) electrons. The molecule has 5 heteroatoms. The fourth-order valence-corrected chi connectivity index (χ4v) is 0.867. The average Bonchev–Trinajstić information content (AvgIpc) is 2.15. The van der Waals surface area contributed by atoms with Gasteiger partial charge in [-0.1, -0.05) is 6.92 Å². The van der Waals surface area contributed by atoms with Crippen LogP contribution in [-0.4, -0.2) is 27.6 Å². The van der Waals surface area contributed by atoms with Crippen LogP contribution in [0.5, 0.6) is 0 Å². The topological polar surface area (TPSA) is 75.1 Å². The lowest BCUT2D eigenvalue weighted by atomic mass is 10.4. The van der Waals surface area contributed by atoms with Gasteiger partial charge >= 0.3 is 5.97 Å². The summed E-state index contributed by atoms with van der Waals surface area (Å²) in [7, 11) is 0. The Morgan fingerprint density at radius 3 is 2.85 bits per heavy atom. The van der Waals surface area contributed by atoms with Gasteiger partial charge in [0, 0.05) is 18.9 Å². The second-order valence-corrected chi connectivity index (χ2v) is 2.49. The Hall–Kier alpha value is -1.65. The molecule has 0 spiro atoms. The fraction of sp³-hybridized carbons (Fsp3) is 0.375. The highest BCUT2D eigenvalue weighted by molar-refractivity contribution is 5.90. The van der Waals surface area contributed by atoms with Gasteiger partial charge in [0.05, 0.1) is 0 Å². The van der Waals surface area contributed by atoms with Gasteiger partial charge in [0.2, 0.25) is 0 Å². The summed E-state index contributed by atoms with van der Waals surface area (Å²) >= 11 is 0. The van der Waals surface area contributed by atoms with Crippen LogP contribution in [0.1, 0.15) is 23.8 Å². The smallest absolute Gasteiger partial charge is 0.358 e. The summed E-state index contributed by atoms with van der Waals surface area (Å²) in [4.78, 5) is 18.2. The molecule has 0 saturated heterocycles. The molecule has 0 aliphatic carbocycles. The standard InChI is InChI=1S/C8H11N3O2/c1-2-3-10-7-6(8(12)13)9-4-5-11-7/h4-5H,2-3H2,1H3,(H,10,11)(H,12,13). The van der Waals surface area contributed by atoms with E-state index >= 15 is 0 Å². The lowest BCUT2D eigenvalue weighted by molar-refractivity contribution is 0.0691. The SMILES string of the molecule is CCCNc1nccnc1C(=O)O. The van der Waals surface area contributed by atoms with Crippen LogP contribution in [0.15, 0.2) is 12.4 Å². The number of hydrogen-bond donors (Lipinski definition) is 2. The number of nitrogens with one attached hydrogen (secondary N) is 1. The molecule has 0 saturated carbocycles. The molecule has 0 aliphatic rings. The zero-order valence-corrected chi connectivity index (χ0v) is 7.32. The lowest BCUT2D eigenvalue weighted by Gasteiger charge is -2.04. The van der Waals surface area contributed by atoms with Crippen LogP contribution in [0.25, 0.3) is 0 Å². The van der Waals surface area contributed by atoms with Crippen molar-refractivity contribution in [2.24, 2.45) is 0 Å². The van der Waals surface area contributed by atoms with Crippen LogP contribution in [-0.2, 0) is 0 Å². The predicted octanol–water partition coefficient (Wildman–Crippen LogP) is 0.997.